The lowest BCUT2D eigenvalue weighted by Crippen LogP contribution is -1.90. The van der Waals surface area contributed by atoms with Crippen molar-refractivity contribution < 1.29 is 13.9 Å². The molecule has 1 aromatic rings. The van der Waals surface area contributed by atoms with E-state index in [-0.39, 0.29) is 10.0 Å². The summed E-state index contributed by atoms with van der Waals surface area (Å²) in [5, 5.41) is 8.83. The zero-order chi connectivity index (χ0) is 8.59. The van der Waals surface area contributed by atoms with Gasteiger partial charge in [0.2, 0.25) is 0 Å². The van der Waals surface area contributed by atoms with Crippen molar-refractivity contribution >= 4 is 15.9 Å². The van der Waals surface area contributed by atoms with Crippen molar-refractivity contribution in [3.63, 3.8) is 0 Å². The van der Waals surface area contributed by atoms with Crippen LogP contribution in [-0.2, 0) is 0 Å². The SMILES string of the molecule is Cc1c(F)c(O)cc(Br)c1F. The van der Waals surface area contributed by atoms with E-state index in [0.29, 0.717) is 0 Å². The maximum Gasteiger partial charge on any atom is 0.170 e. The normalized spacial score (nSPS) is 10.2. The summed E-state index contributed by atoms with van der Waals surface area (Å²) in [6, 6.07) is 0.984. The molecule has 0 aromatic heterocycles. The molecular weight excluding hydrogens is 218 g/mol. The Morgan fingerprint density at radius 2 is 1.91 bits per heavy atom. The van der Waals surface area contributed by atoms with Crippen LogP contribution in [0.15, 0.2) is 10.5 Å². The third-order valence-electron chi connectivity index (χ3n) is 1.36. The summed E-state index contributed by atoms with van der Waals surface area (Å²) in [7, 11) is 0. The van der Waals surface area contributed by atoms with Crippen molar-refractivity contribution in [2.75, 3.05) is 0 Å². The topological polar surface area (TPSA) is 20.2 Å². The van der Waals surface area contributed by atoms with Crippen molar-refractivity contribution in [2.45, 2.75) is 6.92 Å². The molecule has 1 aromatic carbocycles. The number of phenols is 1. The quantitative estimate of drug-likeness (QED) is 0.670. The maximum atomic E-state index is 12.8. The van der Waals surface area contributed by atoms with E-state index in [4.69, 9.17) is 5.11 Å². The number of aromatic hydroxyl groups is 1. The Kier molecular flexibility index (Phi) is 2.13. The predicted octanol–water partition coefficient (Wildman–Crippen LogP) is 2.74. The van der Waals surface area contributed by atoms with Crippen molar-refractivity contribution in [2.24, 2.45) is 0 Å². The summed E-state index contributed by atoms with van der Waals surface area (Å²) in [4.78, 5) is 0. The zero-order valence-electron chi connectivity index (χ0n) is 5.66. The van der Waals surface area contributed by atoms with E-state index in [2.05, 4.69) is 15.9 Å². The van der Waals surface area contributed by atoms with Crippen molar-refractivity contribution in [3.8, 4) is 5.75 Å². The van der Waals surface area contributed by atoms with Crippen LogP contribution in [0.4, 0.5) is 8.78 Å². The predicted molar refractivity (Wildman–Crippen MR) is 40.5 cm³/mol. The molecule has 0 atom stereocenters. The van der Waals surface area contributed by atoms with Gasteiger partial charge in [0.05, 0.1) is 4.47 Å². The van der Waals surface area contributed by atoms with Crippen LogP contribution in [-0.4, -0.2) is 5.11 Å². The van der Waals surface area contributed by atoms with Crippen LogP contribution in [0.5, 0.6) is 5.75 Å². The highest BCUT2D eigenvalue weighted by Gasteiger charge is 2.12. The Bertz CT molecular complexity index is 273. The van der Waals surface area contributed by atoms with Crippen molar-refractivity contribution in [3.05, 3.63) is 27.7 Å². The van der Waals surface area contributed by atoms with Gasteiger partial charge in [0.15, 0.2) is 11.6 Å². The molecule has 1 N–H and O–H groups in total. The Balaban J connectivity index is 3.46. The minimum atomic E-state index is -0.911. The average molecular weight is 223 g/mol. The van der Waals surface area contributed by atoms with Gasteiger partial charge < -0.3 is 5.11 Å². The number of halogens is 3. The highest BCUT2D eigenvalue weighted by atomic mass is 79.9. The Labute approximate surface area is 70.8 Å². The van der Waals surface area contributed by atoms with Gasteiger partial charge in [-0.15, -0.1) is 0 Å². The fourth-order valence-corrected chi connectivity index (χ4v) is 1.23. The second kappa shape index (κ2) is 2.77. The zero-order valence-corrected chi connectivity index (χ0v) is 7.24. The van der Waals surface area contributed by atoms with E-state index in [9.17, 15) is 8.78 Å². The highest BCUT2D eigenvalue weighted by molar-refractivity contribution is 9.10. The molecule has 60 valence electrons. The standard InChI is InChI=1S/C7H5BrF2O/c1-3-6(9)4(8)2-5(11)7(3)10/h2,11H,1H3. The third-order valence-corrected chi connectivity index (χ3v) is 1.93. The van der Waals surface area contributed by atoms with E-state index in [1.807, 2.05) is 0 Å². The molecule has 0 radical (unpaired) electrons. The summed E-state index contributed by atoms with van der Waals surface area (Å²) < 4.78 is 25.5. The van der Waals surface area contributed by atoms with Crippen molar-refractivity contribution in [1.29, 1.82) is 0 Å². The molecule has 0 aliphatic heterocycles. The van der Waals surface area contributed by atoms with Gasteiger partial charge in [-0.3, -0.25) is 0 Å². The molecule has 0 bridgehead atoms. The summed E-state index contributed by atoms with van der Waals surface area (Å²) in [6.07, 6.45) is 0. The monoisotopic (exact) mass is 222 g/mol. The number of benzene rings is 1. The van der Waals surface area contributed by atoms with E-state index >= 15 is 0 Å². The molecule has 0 saturated heterocycles. The van der Waals surface area contributed by atoms with Gasteiger partial charge in [0, 0.05) is 11.6 Å². The summed E-state index contributed by atoms with van der Waals surface area (Å²) in [5.41, 5.74) is -0.183. The van der Waals surface area contributed by atoms with Gasteiger partial charge >= 0.3 is 0 Å². The van der Waals surface area contributed by atoms with Gasteiger partial charge in [-0.2, -0.15) is 0 Å². The molecule has 1 rings (SSSR count). The molecule has 0 amide bonds. The average Bonchev–Trinajstić information content (AvgIpc) is 1.97. The lowest BCUT2D eigenvalue weighted by atomic mass is 10.2. The largest absolute Gasteiger partial charge is 0.505 e. The van der Waals surface area contributed by atoms with Gasteiger partial charge in [-0.1, -0.05) is 0 Å². The molecule has 0 unspecified atom stereocenters. The third kappa shape index (κ3) is 1.35. The number of hydrogen-bond donors (Lipinski definition) is 1. The molecule has 0 aliphatic rings. The molecule has 0 heterocycles. The van der Waals surface area contributed by atoms with Gasteiger partial charge in [-0.25, -0.2) is 8.78 Å². The number of rotatable bonds is 0. The van der Waals surface area contributed by atoms with Crippen LogP contribution >= 0.6 is 15.9 Å². The Morgan fingerprint density at radius 3 is 2.45 bits per heavy atom. The molecule has 0 aliphatic carbocycles. The van der Waals surface area contributed by atoms with Gasteiger partial charge in [0.1, 0.15) is 5.82 Å². The molecule has 0 fully saturated rings. The molecule has 1 nitrogen and oxygen atoms in total. The molecule has 11 heavy (non-hydrogen) atoms. The second-order valence-electron chi connectivity index (χ2n) is 2.13. The minimum absolute atomic E-state index is 0.0638. The van der Waals surface area contributed by atoms with Crippen LogP contribution in [0.1, 0.15) is 5.56 Å². The number of phenolic OH excluding ortho intramolecular Hbond substituents is 1. The van der Waals surface area contributed by atoms with E-state index < -0.39 is 17.4 Å². The van der Waals surface area contributed by atoms with Gasteiger partial charge in [0.25, 0.3) is 0 Å². The minimum Gasteiger partial charge on any atom is -0.505 e. The van der Waals surface area contributed by atoms with E-state index in [1.54, 1.807) is 0 Å². The first-order chi connectivity index (χ1) is 5.04. The summed E-state index contributed by atoms with van der Waals surface area (Å²) in [6.45, 7) is 1.26. The molecule has 0 saturated carbocycles. The Morgan fingerprint density at radius 1 is 1.36 bits per heavy atom. The van der Waals surface area contributed by atoms with Crippen LogP contribution < -0.4 is 0 Å². The van der Waals surface area contributed by atoms with Crippen molar-refractivity contribution in [1.82, 2.24) is 0 Å². The summed E-state index contributed by atoms with van der Waals surface area (Å²) >= 11 is 2.83. The first-order valence-electron chi connectivity index (χ1n) is 2.87. The first-order valence-corrected chi connectivity index (χ1v) is 3.66. The van der Waals surface area contributed by atoms with E-state index in [0.717, 1.165) is 6.07 Å². The molecular formula is C7H5BrF2O. The molecule has 4 heteroatoms. The smallest absolute Gasteiger partial charge is 0.170 e. The fourth-order valence-electron chi connectivity index (χ4n) is 0.714. The lowest BCUT2D eigenvalue weighted by Gasteiger charge is -2.02. The highest BCUT2D eigenvalue weighted by Crippen LogP contribution is 2.27. The lowest BCUT2D eigenvalue weighted by molar-refractivity contribution is 0.423. The van der Waals surface area contributed by atoms with Gasteiger partial charge in [-0.05, 0) is 22.9 Å². The first kappa shape index (κ1) is 8.46. The maximum absolute atomic E-state index is 12.8. The molecule has 0 spiro atoms. The van der Waals surface area contributed by atoms with Crippen LogP contribution in [0.25, 0.3) is 0 Å². The fraction of sp³-hybridized carbons (Fsp3) is 0.143. The van der Waals surface area contributed by atoms with Crippen LogP contribution in [0.3, 0.4) is 0 Å². The van der Waals surface area contributed by atoms with Crippen LogP contribution in [0.2, 0.25) is 0 Å². The van der Waals surface area contributed by atoms with E-state index in [1.165, 1.54) is 6.92 Å². The van der Waals surface area contributed by atoms with Crippen LogP contribution in [0, 0.1) is 18.6 Å². The Hall–Kier alpha value is -0.640. The second-order valence-corrected chi connectivity index (χ2v) is 2.98. The number of hydrogen-bond acceptors (Lipinski definition) is 1. The summed E-state index contributed by atoms with van der Waals surface area (Å²) in [5.74, 6) is -2.14.